The van der Waals surface area contributed by atoms with Crippen LogP contribution in [-0.2, 0) is 0 Å². The minimum atomic E-state index is -0.426. The summed E-state index contributed by atoms with van der Waals surface area (Å²) in [6.45, 7) is 2.91. The van der Waals surface area contributed by atoms with Crippen molar-refractivity contribution in [2.45, 2.75) is 51.9 Å². The summed E-state index contributed by atoms with van der Waals surface area (Å²) in [4.78, 5) is 18.1. The number of ether oxygens (including phenoxy) is 1. The van der Waals surface area contributed by atoms with E-state index < -0.39 is 4.92 Å². The largest absolute Gasteiger partial charge is 0.494 e. The van der Waals surface area contributed by atoms with Crippen LogP contribution in [0.2, 0.25) is 5.02 Å². The number of nitrogens with one attached hydrogen (secondary N) is 1. The van der Waals surface area contributed by atoms with Crippen LogP contribution < -0.4 is 4.74 Å². The summed E-state index contributed by atoms with van der Waals surface area (Å²) >= 11 is 6.44. The van der Waals surface area contributed by atoms with Gasteiger partial charge in [0.2, 0.25) is 0 Å². The number of hydrogen-bond acceptors (Lipinski definition) is 4. The van der Waals surface area contributed by atoms with Gasteiger partial charge < -0.3 is 9.72 Å². The Morgan fingerprint density at radius 3 is 2.55 bits per heavy atom. The van der Waals surface area contributed by atoms with Crippen LogP contribution in [0.15, 0.2) is 36.4 Å². The molecule has 2 aromatic carbocycles. The van der Waals surface area contributed by atoms with E-state index in [1.54, 1.807) is 12.1 Å². The molecule has 7 heteroatoms. The first-order valence-electron chi connectivity index (χ1n) is 10.2. The maximum Gasteiger partial charge on any atom is 0.271 e. The van der Waals surface area contributed by atoms with Crippen LogP contribution in [0, 0.1) is 10.1 Å². The molecule has 0 aliphatic rings. The van der Waals surface area contributed by atoms with E-state index in [4.69, 9.17) is 16.3 Å². The van der Waals surface area contributed by atoms with Crippen LogP contribution in [0.3, 0.4) is 0 Å². The topological polar surface area (TPSA) is 81.1 Å². The molecule has 0 aliphatic heterocycles. The third-order valence-corrected chi connectivity index (χ3v) is 5.20. The van der Waals surface area contributed by atoms with E-state index in [2.05, 4.69) is 16.9 Å². The Morgan fingerprint density at radius 1 is 1.07 bits per heavy atom. The predicted octanol–water partition coefficient (Wildman–Crippen LogP) is 6.92. The molecule has 0 radical (unpaired) electrons. The fraction of sp³-hybridized carbons (Fsp3) is 0.409. The zero-order valence-corrected chi connectivity index (χ0v) is 17.4. The van der Waals surface area contributed by atoms with Gasteiger partial charge in [-0.25, -0.2) is 4.98 Å². The van der Waals surface area contributed by atoms with Gasteiger partial charge in [-0.1, -0.05) is 57.0 Å². The lowest BCUT2D eigenvalue weighted by molar-refractivity contribution is -0.384. The Kier molecular flexibility index (Phi) is 7.47. The number of fused-ring (bicyclic) bond motifs is 1. The van der Waals surface area contributed by atoms with E-state index in [0.717, 1.165) is 17.7 Å². The molecule has 0 saturated heterocycles. The molecular weight excluding hydrogens is 390 g/mol. The van der Waals surface area contributed by atoms with Crippen molar-refractivity contribution in [2.75, 3.05) is 6.61 Å². The van der Waals surface area contributed by atoms with Crippen molar-refractivity contribution in [1.82, 2.24) is 9.97 Å². The smallest absolute Gasteiger partial charge is 0.271 e. The fourth-order valence-electron chi connectivity index (χ4n) is 3.27. The first-order chi connectivity index (χ1) is 14.1. The van der Waals surface area contributed by atoms with E-state index >= 15 is 0 Å². The van der Waals surface area contributed by atoms with E-state index in [-0.39, 0.29) is 5.69 Å². The Morgan fingerprint density at radius 2 is 1.83 bits per heavy atom. The number of unbranched alkanes of at least 4 members (excludes halogenated alkanes) is 6. The van der Waals surface area contributed by atoms with Crippen molar-refractivity contribution in [3.05, 3.63) is 51.5 Å². The van der Waals surface area contributed by atoms with Gasteiger partial charge in [-0.05, 0) is 30.7 Å². The van der Waals surface area contributed by atoms with Gasteiger partial charge >= 0.3 is 0 Å². The fourth-order valence-corrected chi connectivity index (χ4v) is 3.53. The van der Waals surface area contributed by atoms with Crippen LogP contribution in [0.25, 0.3) is 22.4 Å². The summed E-state index contributed by atoms with van der Waals surface area (Å²) in [5.74, 6) is 1.31. The second-order valence-electron chi connectivity index (χ2n) is 7.16. The monoisotopic (exact) mass is 415 g/mol. The summed E-state index contributed by atoms with van der Waals surface area (Å²) < 4.78 is 5.82. The second kappa shape index (κ2) is 10.3. The zero-order chi connectivity index (χ0) is 20.6. The molecule has 3 aromatic rings. The molecule has 0 bridgehead atoms. The number of imidazole rings is 1. The van der Waals surface area contributed by atoms with Crippen molar-refractivity contribution in [1.29, 1.82) is 0 Å². The molecule has 1 heterocycles. The van der Waals surface area contributed by atoms with Crippen LogP contribution in [0.4, 0.5) is 5.69 Å². The molecule has 0 saturated carbocycles. The predicted molar refractivity (Wildman–Crippen MR) is 117 cm³/mol. The molecule has 154 valence electrons. The minimum Gasteiger partial charge on any atom is -0.494 e. The number of rotatable bonds is 11. The van der Waals surface area contributed by atoms with Gasteiger partial charge in [0.05, 0.1) is 27.6 Å². The molecule has 1 aromatic heterocycles. The lowest BCUT2D eigenvalue weighted by Gasteiger charge is -2.08. The number of benzene rings is 2. The number of aromatic amines is 1. The number of hydrogen-bond donors (Lipinski definition) is 1. The van der Waals surface area contributed by atoms with E-state index in [1.807, 2.05) is 12.1 Å². The molecule has 0 fully saturated rings. The summed E-state index contributed by atoms with van der Waals surface area (Å²) in [7, 11) is 0. The average molecular weight is 416 g/mol. The van der Waals surface area contributed by atoms with Crippen molar-refractivity contribution < 1.29 is 9.66 Å². The lowest BCUT2D eigenvalue weighted by Crippen LogP contribution is -1.97. The summed E-state index contributed by atoms with van der Waals surface area (Å²) in [5, 5.41) is 11.5. The molecular formula is C22H26ClN3O3. The highest BCUT2D eigenvalue weighted by atomic mass is 35.5. The molecule has 0 spiro atoms. The van der Waals surface area contributed by atoms with Crippen molar-refractivity contribution >= 4 is 28.3 Å². The molecule has 29 heavy (non-hydrogen) atoms. The number of non-ortho nitro benzene ring substituents is 1. The Labute approximate surface area is 175 Å². The maximum absolute atomic E-state index is 10.9. The molecule has 0 aliphatic carbocycles. The molecule has 3 rings (SSSR count). The van der Waals surface area contributed by atoms with E-state index in [0.29, 0.717) is 28.5 Å². The third kappa shape index (κ3) is 5.70. The van der Waals surface area contributed by atoms with Crippen LogP contribution in [0.5, 0.6) is 5.75 Å². The van der Waals surface area contributed by atoms with Gasteiger partial charge in [0.25, 0.3) is 5.69 Å². The number of nitro groups is 1. The quantitative estimate of drug-likeness (QED) is 0.209. The van der Waals surface area contributed by atoms with Crippen molar-refractivity contribution in [2.24, 2.45) is 0 Å². The molecule has 0 unspecified atom stereocenters. The van der Waals surface area contributed by atoms with E-state index in [1.165, 1.54) is 50.7 Å². The number of nitrogens with zero attached hydrogens (tertiary/aromatic N) is 2. The lowest BCUT2D eigenvalue weighted by atomic mass is 10.1. The highest BCUT2D eigenvalue weighted by Crippen LogP contribution is 2.31. The molecule has 0 atom stereocenters. The zero-order valence-electron chi connectivity index (χ0n) is 16.6. The highest BCUT2D eigenvalue weighted by molar-refractivity contribution is 6.33. The first kappa shape index (κ1) is 21.1. The summed E-state index contributed by atoms with van der Waals surface area (Å²) in [6, 6.07) is 10.1. The van der Waals surface area contributed by atoms with Crippen molar-refractivity contribution in [3.63, 3.8) is 0 Å². The van der Waals surface area contributed by atoms with Gasteiger partial charge in [-0.3, -0.25) is 10.1 Å². The SMILES string of the molecule is CCCCCCCCCOc1ccc(-c2nc3ccc([N+](=O)[O-])cc3[nH]2)c(Cl)c1. The number of halogens is 1. The second-order valence-corrected chi connectivity index (χ2v) is 7.56. The van der Waals surface area contributed by atoms with Crippen molar-refractivity contribution in [3.8, 4) is 17.1 Å². The Bertz CT molecular complexity index is 971. The molecule has 0 amide bonds. The first-order valence-corrected chi connectivity index (χ1v) is 10.5. The van der Waals surface area contributed by atoms with Gasteiger partial charge in [0, 0.05) is 17.7 Å². The molecule has 6 nitrogen and oxygen atoms in total. The van der Waals surface area contributed by atoms with Crippen LogP contribution in [0.1, 0.15) is 51.9 Å². The minimum absolute atomic E-state index is 0.0212. The Balaban J connectivity index is 1.58. The average Bonchev–Trinajstić information content (AvgIpc) is 3.13. The van der Waals surface area contributed by atoms with Crippen LogP contribution >= 0.6 is 11.6 Å². The standard InChI is InChI=1S/C22H26ClN3O3/c1-2-3-4-5-6-7-8-13-29-17-10-11-18(19(23)15-17)22-24-20-12-9-16(26(27)28)14-21(20)25-22/h9-12,14-15H,2-8,13H2,1H3,(H,24,25). The number of aromatic nitrogens is 2. The van der Waals surface area contributed by atoms with Gasteiger partial charge in [0.1, 0.15) is 11.6 Å². The maximum atomic E-state index is 10.9. The van der Waals surface area contributed by atoms with Gasteiger partial charge in [-0.15, -0.1) is 0 Å². The summed E-state index contributed by atoms with van der Waals surface area (Å²) in [5.41, 5.74) is 2.01. The third-order valence-electron chi connectivity index (χ3n) is 4.89. The summed E-state index contributed by atoms with van der Waals surface area (Å²) in [6.07, 6.45) is 8.69. The normalized spacial score (nSPS) is 11.1. The van der Waals surface area contributed by atoms with E-state index in [9.17, 15) is 10.1 Å². The molecule has 1 N–H and O–H groups in total. The number of nitro benzene ring substituents is 1. The number of H-pyrrole nitrogens is 1. The van der Waals surface area contributed by atoms with Gasteiger partial charge in [-0.2, -0.15) is 0 Å². The Hall–Kier alpha value is -2.60. The van der Waals surface area contributed by atoms with Gasteiger partial charge in [0.15, 0.2) is 0 Å². The van der Waals surface area contributed by atoms with Crippen LogP contribution in [-0.4, -0.2) is 21.5 Å². The highest BCUT2D eigenvalue weighted by Gasteiger charge is 2.13.